The number of rotatable bonds is 5. The van der Waals surface area contributed by atoms with Gasteiger partial charge in [0.05, 0.1) is 17.0 Å². The van der Waals surface area contributed by atoms with E-state index in [9.17, 15) is 9.36 Å². The Kier molecular flexibility index (Phi) is 5.83. The van der Waals surface area contributed by atoms with Crippen LogP contribution in [0.3, 0.4) is 0 Å². The van der Waals surface area contributed by atoms with E-state index in [1.165, 1.54) is 0 Å². The molecule has 0 unspecified atom stereocenters. The lowest BCUT2D eigenvalue weighted by Crippen LogP contribution is -2.21. The van der Waals surface area contributed by atoms with E-state index in [0.29, 0.717) is 20.7 Å². The van der Waals surface area contributed by atoms with E-state index < -0.39 is 13.3 Å². The third-order valence-electron chi connectivity index (χ3n) is 3.75. The van der Waals surface area contributed by atoms with Crippen molar-refractivity contribution in [2.75, 3.05) is 0 Å². The SMILES string of the molecule is O=C(Cc1ccccc1)OP(=O)(c1ccc(Cl)cc1)c1ccc(Cl)cc1. The van der Waals surface area contributed by atoms with Crippen molar-refractivity contribution in [1.82, 2.24) is 0 Å². The molecule has 3 aromatic rings. The highest BCUT2D eigenvalue weighted by Crippen LogP contribution is 2.45. The van der Waals surface area contributed by atoms with Gasteiger partial charge < -0.3 is 4.52 Å². The monoisotopic (exact) mass is 404 g/mol. The van der Waals surface area contributed by atoms with E-state index in [-0.39, 0.29) is 6.42 Å². The quantitative estimate of drug-likeness (QED) is 0.561. The summed E-state index contributed by atoms with van der Waals surface area (Å²) in [5, 5.41) is 1.80. The Morgan fingerprint density at radius 1 is 0.769 bits per heavy atom. The first-order valence-electron chi connectivity index (χ1n) is 7.86. The lowest BCUT2D eigenvalue weighted by molar-refractivity contribution is -0.133. The molecule has 0 saturated heterocycles. The van der Waals surface area contributed by atoms with Crippen LogP contribution >= 0.6 is 30.6 Å². The van der Waals surface area contributed by atoms with Gasteiger partial charge in [-0.3, -0.25) is 9.36 Å². The van der Waals surface area contributed by atoms with Crippen molar-refractivity contribution in [1.29, 1.82) is 0 Å². The molecule has 0 amide bonds. The number of hydrogen-bond donors (Lipinski definition) is 0. The van der Waals surface area contributed by atoms with E-state index >= 15 is 0 Å². The fourth-order valence-electron chi connectivity index (χ4n) is 2.47. The molecule has 3 aromatic carbocycles. The molecule has 3 rings (SSSR count). The van der Waals surface area contributed by atoms with E-state index in [1.54, 1.807) is 48.5 Å². The molecule has 0 bridgehead atoms. The van der Waals surface area contributed by atoms with E-state index in [2.05, 4.69) is 0 Å². The molecule has 0 fully saturated rings. The molecule has 0 aliphatic carbocycles. The minimum atomic E-state index is -3.62. The predicted molar refractivity (Wildman–Crippen MR) is 106 cm³/mol. The highest BCUT2D eigenvalue weighted by Gasteiger charge is 2.32. The second kappa shape index (κ2) is 8.09. The summed E-state index contributed by atoms with van der Waals surface area (Å²) in [5.74, 6) is -0.565. The molecule has 6 heteroatoms. The van der Waals surface area contributed by atoms with Crippen LogP contribution in [0.5, 0.6) is 0 Å². The van der Waals surface area contributed by atoms with Crippen LogP contribution in [0.2, 0.25) is 10.0 Å². The first-order chi connectivity index (χ1) is 12.5. The van der Waals surface area contributed by atoms with Crippen molar-refractivity contribution >= 4 is 47.1 Å². The number of halogens is 2. The van der Waals surface area contributed by atoms with Crippen LogP contribution < -0.4 is 10.6 Å². The van der Waals surface area contributed by atoms with Crippen LogP contribution in [-0.2, 0) is 20.3 Å². The summed E-state index contributed by atoms with van der Waals surface area (Å²) in [6.07, 6.45) is 0.0337. The third kappa shape index (κ3) is 4.37. The Labute approximate surface area is 162 Å². The third-order valence-corrected chi connectivity index (χ3v) is 6.68. The summed E-state index contributed by atoms with van der Waals surface area (Å²) in [6.45, 7) is 0. The fourth-order valence-corrected chi connectivity index (χ4v) is 4.66. The molecule has 0 heterocycles. The molecular formula is C20H15Cl2O3P. The summed E-state index contributed by atoms with van der Waals surface area (Å²) in [4.78, 5) is 12.5. The normalized spacial score (nSPS) is 11.2. The van der Waals surface area contributed by atoms with Gasteiger partial charge in [0.15, 0.2) is 0 Å². The van der Waals surface area contributed by atoms with Gasteiger partial charge in [0, 0.05) is 10.0 Å². The lowest BCUT2D eigenvalue weighted by atomic mass is 10.2. The molecule has 0 saturated carbocycles. The molecule has 0 aliphatic heterocycles. The maximum absolute atomic E-state index is 13.7. The highest BCUT2D eigenvalue weighted by molar-refractivity contribution is 7.74. The molecule has 0 aliphatic rings. The van der Waals surface area contributed by atoms with Crippen LogP contribution in [-0.4, -0.2) is 5.97 Å². The molecule has 3 nitrogen and oxygen atoms in total. The lowest BCUT2D eigenvalue weighted by Gasteiger charge is -2.19. The summed E-state index contributed by atoms with van der Waals surface area (Å²) in [6, 6.07) is 22.0. The largest absolute Gasteiger partial charge is 0.404 e. The molecule has 0 spiro atoms. The Morgan fingerprint density at radius 2 is 1.23 bits per heavy atom. The van der Waals surface area contributed by atoms with Gasteiger partial charge in [-0.15, -0.1) is 0 Å². The second-order valence-electron chi connectivity index (χ2n) is 5.63. The van der Waals surface area contributed by atoms with Crippen molar-refractivity contribution < 1.29 is 13.9 Å². The van der Waals surface area contributed by atoms with E-state index in [4.69, 9.17) is 27.7 Å². The summed E-state index contributed by atoms with van der Waals surface area (Å²) in [7, 11) is -3.62. The van der Waals surface area contributed by atoms with Crippen LogP contribution in [0.1, 0.15) is 5.56 Å². The smallest absolute Gasteiger partial charge is 0.315 e. The topological polar surface area (TPSA) is 43.4 Å². The molecular weight excluding hydrogens is 390 g/mol. The summed E-state index contributed by atoms with van der Waals surface area (Å²) >= 11 is 11.9. The van der Waals surface area contributed by atoms with Gasteiger partial charge in [0.25, 0.3) is 0 Å². The fraction of sp³-hybridized carbons (Fsp3) is 0.0500. The Morgan fingerprint density at radius 3 is 1.69 bits per heavy atom. The molecule has 0 atom stereocenters. The van der Waals surface area contributed by atoms with Gasteiger partial charge in [0.2, 0.25) is 0 Å². The first kappa shape index (κ1) is 18.7. The number of hydrogen-bond acceptors (Lipinski definition) is 3. The Hall–Kier alpha value is -2.06. The van der Waals surface area contributed by atoms with Gasteiger partial charge in [-0.1, -0.05) is 53.5 Å². The maximum Gasteiger partial charge on any atom is 0.315 e. The molecule has 0 N–H and O–H groups in total. The average molecular weight is 405 g/mol. The van der Waals surface area contributed by atoms with Crippen molar-refractivity contribution in [2.24, 2.45) is 0 Å². The summed E-state index contributed by atoms with van der Waals surface area (Å²) < 4.78 is 19.2. The van der Waals surface area contributed by atoms with Crippen LogP contribution in [0, 0.1) is 0 Å². The van der Waals surface area contributed by atoms with Crippen molar-refractivity contribution in [2.45, 2.75) is 6.42 Å². The number of carbonyl (C=O) groups excluding carboxylic acids is 1. The number of carbonyl (C=O) groups is 1. The van der Waals surface area contributed by atoms with Gasteiger partial charge in [0.1, 0.15) is 0 Å². The molecule has 26 heavy (non-hydrogen) atoms. The van der Waals surface area contributed by atoms with Crippen LogP contribution in [0.15, 0.2) is 78.9 Å². The predicted octanol–water partition coefficient (Wildman–Crippen LogP) is 5.01. The van der Waals surface area contributed by atoms with Crippen LogP contribution in [0.4, 0.5) is 0 Å². The average Bonchev–Trinajstić information content (AvgIpc) is 2.63. The second-order valence-corrected chi connectivity index (χ2v) is 8.82. The van der Waals surface area contributed by atoms with Gasteiger partial charge >= 0.3 is 13.3 Å². The standard InChI is InChI=1S/C20H15Cl2O3P/c21-16-6-10-18(11-7-16)26(24,19-12-8-17(22)9-13-19)25-20(23)14-15-4-2-1-3-5-15/h1-13H,14H2. The maximum atomic E-state index is 13.7. The van der Waals surface area contributed by atoms with E-state index in [1.807, 2.05) is 30.3 Å². The highest BCUT2D eigenvalue weighted by atomic mass is 35.5. The van der Waals surface area contributed by atoms with Gasteiger partial charge in [-0.25, -0.2) is 0 Å². The molecule has 0 radical (unpaired) electrons. The zero-order valence-corrected chi connectivity index (χ0v) is 16.0. The van der Waals surface area contributed by atoms with Crippen molar-refractivity contribution in [3.63, 3.8) is 0 Å². The summed E-state index contributed by atoms with van der Waals surface area (Å²) in [5.41, 5.74) is 0.788. The minimum absolute atomic E-state index is 0.0337. The van der Waals surface area contributed by atoms with Gasteiger partial charge in [-0.05, 0) is 54.1 Å². The molecule has 132 valence electrons. The van der Waals surface area contributed by atoms with E-state index in [0.717, 1.165) is 5.56 Å². The van der Waals surface area contributed by atoms with Crippen molar-refractivity contribution in [3.8, 4) is 0 Å². The Balaban J connectivity index is 1.95. The minimum Gasteiger partial charge on any atom is -0.404 e. The first-order valence-corrected chi connectivity index (χ1v) is 10.2. The zero-order valence-electron chi connectivity index (χ0n) is 13.6. The number of benzene rings is 3. The van der Waals surface area contributed by atoms with Gasteiger partial charge in [-0.2, -0.15) is 0 Å². The van der Waals surface area contributed by atoms with Crippen LogP contribution in [0.25, 0.3) is 0 Å². The Bertz CT molecular complexity index is 890. The van der Waals surface area contributed by atoms with Crippen molar-refractivity contribution in [3.05, 3.63) is 94.5 Å². The molecule has 0 aromatic heterocycles. The zero-order chi connectivity index (χ0) is 18.6.